The number of halogens is 3. The highest BCUT2D eigenvalue weighted by Crippen LogP contribution is 2.33. The summed E-state index contributed by atoms with van der Waals surface area (Å²) in [7, 11) is 1.50. The van der Waals surface area contributed by atoms with Crippen LogP contribution in [-0.4, -0.2) is 19.7 Å². The van der Waals surface area contributed by atoms with E-state index in [0.29, 0.717) is 22.3 Å². The monoisotopic (exact) mass is 442 g/mol. The van der Waals surface area contributed by atoms with Crippen molar-refractivity contribution in [2.45, 2.75) is 6.61 Å². The maximum Gasteiger partial charge on any atom is 0.344 e. The van der Waals surface area contributed by atoms with E-state index < -0.39 is 18.2 Å². The van der Waals surface area contributed by atoms with Gasteiger partial charge in [-0.1, -0.05) is 34.8 Å². The number of carbonyl (C=O) groups excluding carboxylic acids is 1. The van der Waals surface area contributed by atoms with Crippen LogP contribution >= 0.6 is 34.8 Å². The molecule has 0 bridgehead atoms. The van der Waals surface area contributed by atoms with E-state index in [-0.39, 0.29) is 27.4 Å². The van der Waals surface area contributed by atoms with E-state index in [0.717, 1.165) is 0 Å². The van der Waals surface area contributed by atoms with Gasteiger partial charge in [-0.05, 0) is 18.2 Å². The number of hydrogen-bond donors (Lipinski definition) is 0. The van der Waals surface area contributed by atoms with Crippen molar-refractivity contribution in [2.24, 2.45) is 0 Å². The van der Waals surface area contributed by atoms with Gasteiger partial charge < -0.3 is 18.6 Å². The number of carbonyl (C=O) groups is 1. The second-order valence-corrected chi connectivity index (χ2v) is 6.82. The van der Waals surface area contributed by atoms with E-state index in [2.05, 4.69) is 0 Å². The number of ether oxygens (including phenoxy) is 3. The molecule has 0 aliphatic carbocycles. The first-order valence-corrected chi connectivity index (χ1v) is 9.04. The molecule has 0 amide bonds. The summed E-state index contributed by atoms with van der Waals surface area (Å²) in [5.74, 6) is 0.0830. The molecule has 0 N–H and O–H groups in total. The number of esters is 1. The zero-order valence-corrected chi connectivity index (χ0v) is 16.7. The molecule has 0 saturated carbocycles. The number of methoxy groups -OCH3 is 1. The van der Waals surface area contributed by atoms with Crippen LogP contribution in [0.1, 0.15) is 5.56 Å². The van der Waals surface area contributed by atoms with Crippen LogP contribution in [0.2, 0.25) is 15.1 Å². The number of benzene rings is 2. The Kier molecular flexibility index (Phi) is 6.34. The van der Waals surface area contributed by atoms with Gasteiger partial charge in [-0.25, -0.2) is 9.59 Å². The summed E-state index contributed by atoms with van der Waals surface area (Å²) in [5.41, 5.74) is 0.261. The Morgan fingerprint density at radius 3 is 2.54 bits per heavy atom. The average Bonchev–Trinajstić information content (AvgIpc) is 2.67. The van der Waals surface area contributed by atoms with Crippen molar-refractivity contribution >= 4 is 51.7 Å². The molecule has 0 aliphatic rings. The first-order valence-electron chi connectivity index (χ1n) is 7.91. The normalized spacial score (nSPS) is 10.7. The van der Waals surface area contributed by atoms with Gasteiger partial charge in [-0.3, -0.25) is 0 Å². The summed E-state index contributed by atoms with van der Waals surface area (Å²) in [5, 5.41) is 1.35. The largest absolute Gasteiger partial charge is 0.497 e. The van der Waals surface area contributed by atoms with Crippen LogP contribution in [-0.2, 0) is 16.1 Å². The lowest BCUT2D eigenvalue weighted by Crippen LogP contribution is -2.15. The molecule has 0 aliphatic heterocycles. The van der Waals surface area contributed by atoms with E-state index in [9.17, 15) is 9.59 Å². The third kappa shape index (κ3) is 4.70. The Morgan fingerprint density at radius 2 is 1.79 bits per heavy atom. The van der Waals surface area contributed by atoms with Crippen molar-refractivity contribution in [3.05, 3.63) is 67.4 Å². The molecule has 3 rings (SSSR count). The van der Waals surface area contributed by atoms with Crippen molar-refractivity contribution in [1.82, 2.24) is 0 Å². The third-order valence-electron chi connectivity index (χ3n) is 3.75. The van der Waals surface area contributed by atoms with Gasteiger partial charge in [0.15, 0.2) is 6.61 Å². The second-order valence-electron chi connectivity index (χ2n) is 5.60. The standard InChI is InChI=1S/C19H13Cl3O6/c1-25-11-2-3-12-10(4-18(23)28-16(12)5-11)8-27-19(24)9-26-17-7-14(21)13(20)6-15(17)22/h2-7H,8-9H2,1H3. The van der Waals surface area contributed by atoms with Crippen LogP contribution in [0, 0.1) is 0 Å². The number of fused-ring (bicyclic) bond motifs is 1. The van der Waals surface area contributed by atoms with E-state index in [1.54, 1.807) is 18.2 Å². The van der Waals surface area contributed by atoms with Gasteiger partial charge >= 0.3 is 11.6 Å². The van der Waals surface area contributed by atoms with Gasteiger partial charge in [0.1, 0.15) is 23.7 Å². The molecule has 1 aromatic heterocycles. The Labute approximate surface area is 174 Å². The lowest BCUT2D eigenvalue weighted by Gasteiger charge is -2.10. The summed E-state index contributed by atoms with van der Waals surface area (Å²) in [6, 6.07) is 9.09. The second kappa shape index (κ2) is 8.73. The first kappa shape index (κ1) is 20.3. The zero-order valence-electron chi connectivity index (χ0n) is 14.5. The van der Waals surface area contributed by atoms with Crippen LogP contribution in [0.25, 0.3) is 11.0 Å². The Balaban J connectivity index is 1.68. The highest BCUT2D eigenvalue weighted by atomic mass is 35.5. The zero-order chi connectivity index (χ0) is 20.3. The molecule has 0 saturated heterocycles. The topological polar surface area (TPSA) is 75.0 Å². The van der Waals surface area contributed by atoms with Gasteiger partial charge in [0.2, 0.25) is 0 Å². The molecular formula is C19H13Cl3O6. The molecule has 6 nitrogen and oxygen atoms in total. The van der Waals surface area contributed by atoms with Gasteiger partial charge in [0, 0.05) is 29.1 Å². The Bertz CT molecular complexity index is 1090. The van der Waals surface area contributed by atoms with Crippen molar-refractivity contribution in [3.63, 3.8) is 0 Å². The predicted octanol–water partition coefficient (Wildman–Crippen LogP) is 4.88. The van der Waals surface area contributed by atoms with Gasteiger partial charge in [-0.15, -0.1) is 0 Å². The van der Waals surface area contributed by atoms with Crippen molar-refractivity contribution in [3.8, 4) is 11.5 Å². The lowest BCUT2D eigenvalue weighted by molar-refractivity contribution is -0.147. The van der Waals surface area contributed by atoms with Crippen molar-refractivity contribution in [2.75, 3.05) is 13.7 Å². The quantitative estimate of drug-likeness (QED) is 0.307. The fraction of sp³-hybridized carbons (Fsp3) is 0.158. The molecule has 0 radical (unpaired) electrons. The molecule has 9 heteroatoms. The fourth-order valence-corrected chi connectivity index (χ4v) is 3.00. The van der Waals surface area contributed by atoms with Gasteiger partial charge in [0.25, 0.3) is 0 Å². The minimum absolute atomic E-state index is 0.133. The molecule has 3 aromatic rings. The molecule has 2 aromatic carbocycles. The van der Waals surface area contributed by atoms with Crippen molar-refractivity contribution in [1.29, 1.82) is 0 Å². The summed E-state index contributed by atoms with van der Waals surface area (Å²) in [4.78, 5) is 23.7. The van der Waals surface area contributed by atoms with Gasteiger partial charge in [0.05, 0.1) is 22.2 Å². The molecule has 146 valence electrons. The number of hydrogen-bond acceptors (Lipinski definition) is 6. The summed E-state index contributed by atoms with van der Waals surface area (Å²) in [6.07, 6.45) is 0. The van der Waals surface area contributed by atoms with Gasteiger partial charge in [-0.2, -0.15) is 0 Å². The molecule has 28 heavy (non-hydrogen) atoms. The van der Waals surface area contributed by atoms with Crippen LogP contribution in [0.5, 0.6) is 11.5 Å². The maximum absolute atomic E-state index is 12.0. The van der Waals surface area contributed by atoms with E-state index >= 15 is 0 Å². The molecule has 0 unspecified atom stereocenters. The fourth-order valence-electron chi connectivity index (χ4n) is 2.41. The summed E-state index contributed by atoms with van der Waals surface area (Å²) < 4.78 is 20.8. The Morgan fingerprint density at radius 1 is 1.04 bits per heavy atom. The van der Waals surface area contributed by atoms with E-state index in [1.165, 1.54) is 25.3 Å². The summed E-state index contributed by atoms with van der Waals surface area (Å²) >= 11 is 17.7. The highest BCUT2D eigenvalue weighted by molar-refractivity contribution is 6.43. The molecule has 0 fully saturated rings. The smallest absolute Gasteiger partial charge is 0.344 e. The van der Waals surface area contributed by atoms with E-state index in [4.69, 9.17) is 53.4 Å². The van der Waals surface area contributed by atoms with Crippen LogP contribution < -0.4 is 15.1 Å². The minimum atomic E-state index is -0.656. The molecular weight excluding hydrogens is 431 g/mol. The lowest BCUT2D eigenvalue weighted by atomic mass is 10.1. The average molecular weight is 444 g/mol. The minimum Gasteiger partial charge on any atom is -0.497 e. The van der Waals surface area contributed by atoms with Crippen molar-refractivity contribution < 1.29 is 23.4 Å². The maximum atomic E-state index is 12.0. The Hall–Kier alpha value is -2.41. The number of rotatable bonds is 6. The first-order chi connectivity index (χ1) is 13.4. The predicted molar refractivity (Wildman–Crippen MR) is 106 cm³/mol. The third-order valence-corrected chi connectivity index (χ3v) is 4.76. The summed E-state index contributed by atoms with van der Waals surface area (Å²) in [6.45, 7) is -0.531. The highest BCUT2D eigenvalue weighted by Gasteiger charge is 2.12. The molecule has 0 atom stereocenters. The van der Waals surface area contributed by atoms with Crippen LogP contribution in [0.15, 0.2) is 45.6 Å². The van der Waals surface area contributed by atoms with Crippen LogP contribution in [0.3, 0.4) is 0 Å². The van der Waals surface area contributed by atoms with E-state index in [1.807, 2.05) is 0 Å². The van der Waals surface area contributed by atoms with Crippen LogP contribution in [0.4, 0.5) is 0 Å². The SMILES string of the molecule is COc1ccc2c(COC(=O)COc3cc(Cl)c(Cl)cc3Cl)cc(=O)oc2c1. The molecule has 1 heterocycles. The molecule has 0 spiro atoms.